The van der Waals surface area contributed by atoms with Crippen molar-refractivity contribution in [2.45, 2.75) is 33.2 Å². The summed E-state index contributed by atoms with van der Waals surface area (Å²) in [4.78, 5) is 26.4. The van der Waals surface area contributed by atoms with Gasteiger partial charge in [0.25, 0.3) is 0 Å². The lowest BCUT2D eigenvalue weighted by molar-refractivity contribution is -0.141. The molecule has 1 atom stereocenters. The quantitative estimate of drug-likeness (QED) is 0.713. The zero-order valence-corrected chi connectivity index (χ0v) is 11.1. The summed E-state index contributed by atoms with van der Waals surface area (Å²) in [7, 11) is 0. The summed E-state index contributed by atoms with van der Waals surface area (Å²) in [5.74, 6) is -0.591. The molecule has 0 saturated heterocycles. The van der Waals surface area contributed by atoms with Crippen LogP contribution in [0.3, 0.4) is 0 Å². The molecule has 0 fully saturated rings. The SMILES string of the molecule is CC(C)(C)C(NC(=O)NCCc1ncon1)C(=O)O. The molecule has 3 N–H and O–H groups in total. The van der Waals surface area contributed by atoms with Crippen LogP contribution in [0, 0.1) is 5.41 Å². The summed E-state index contributed by atoms with van der Waals surface area (Å²) >= 11 is 0. The van der Waals surface area contributed by atoms with Crippen LogP contribution >= 0.6 is 0 Å². The maximum absolute atomic E-state index is 11.6. The lowest BCUT2D eigenvalue weighted by atomic mass is 9.87. The van der Waals surface area contributed by atoms with Crippen molar-refractivity contribution in [1.29, 1.82) is 0 Å². The summed E-state index contributed by atoms with van der Waals surface area (Å²) in [5.41, 5.74) is -0.573. The number of aliphatic carboxylic acids is 1. The highest BCUT2D eigenvalue weighted by atomic mass is 16.5. The molecule has 1 rings (SSSR count). The molecule has 2 amide bonds. The minimum absolute atomic E-state index is 0.294. The van der Waals surface area contributed by atoms with E-state index >= 15 is 0 Å². The van der Waals surface area contributed by atoms with Crippen molar-refractivity contribution in [2.75, 3.05) is 6.54 Å². The Morgan fingerprint density at radius 3 is 2.63 bits per heavy atom. The molecule has 1 aromatic rings. The van der Waals surface area contributed by atoms with Gasteiger partial charge in [-0.25, -0.2) is 9.59 Å². The first-order valence-corrected chi connectivity index (χ1v) is 5.83. The standard InChI is InChI=1S/C11H18N4O4/c1-11(2,3)8(9(16)17)14-10(18)12-5-4-7-13-6-19-15-7/h6,8H,4-5H2,1-3H3,(H,16,17)(H2,12,14,18). The van der Waals surface area contributed by atoms with E-state index in [1.54, 1.807) is 20.8 Å². The summed E-state index contributed by atoms with van der Waals surface area (Å²) in [6.07, 6.45) is 1.62. The number of carbonyl (C=O) groups excluding carboxylic acids is 1. The van der Waals surface area contributed by atoms with E-state index in [-0.39, 0.29) is 0 Å². The molecule has 19 heavy (non-hydrogen) atoms. The van der Waals surface area contributed by atoms with Gasteiger partial charge >= 0.3 is 12.0 Å². The zero-order valence-electron chi connectivity index (χ0n) is 11.1. The number of nitrogens with zero attached hydrogens (tertiary/aromatic N) is 2. The number of aromatic nitrogens is 2. The van der Waals surface area contributed by atoms with Crippen molar-refractivity contribution in [2.24, 2.45) is 5.41 Å². The van der Waals surface area contributed by atoms with Crippen molar-refractivity contribution in [1.82, 2.24) is 20.8 Å². The number of rotatable bonds is 5. The zero-order chi connectivity index (χ0) is 14.5. The summed E-state index contributed by atoms with van der Waals surface area (Å²) in [5, 5.41) is 17.6. The Morgan fingerprint density at radius 1 is 1.47 bits per heavy atom. The molecule has 0 bridgehead atoms. The third kappa shape index (κ3) is 4.94. The lowest BCUT2D eigenvalue weighted by Crippen LogP contribution is -2.52. The molecule has 1 aromatic heterocycles. The molecule has 0 aliphatic heterocycles. The second-order valence-electron chi connectivity index (χ2n) is 5.13. The van der Waals surface area contributed by atoms with E-state index in [9.17, 15) is 9.59 Å². The number of carbonyl (C=O) groups is 2. The van der Waals surface area contributed by atoms with E-state index in [0.29, 0.717) is 18.8 Å². The van der Waals surface area contributed by atoms with E-state index < -0.39 is 23.5 Å². The van der Waals surface area contributed by atoms with Crippen LogP contribution in [-0.4, -0.2) is 39.8 Å². The van der Waals surface area contributed by atoms with Crippen LogP contribution in [0.15, 0.2) is 10.9 Å². The molecule has 0 saturated carbocycles. The van der Waals surface area contributed by atoms with Crippen LogP contribution in [0.2, 0.25) is 0 Å². The highest BCUT2D eigenvalue weighted by Crippen LogP contribution is 2.19. The Morgan fingerprint density at radius 2 is 2.16 bits per heavy atom. The molecule has 0 spiro atoms. The average Bonchev–Trinajstić information content (AvgIpc) is 2.77. The van der Waals surface area contributed by atoms with Gasteiger partial charge < -0.3 is 20.3 Å². The Balaban J connectivity index is 2.39. The highest BCUT2D eigenvalue weighted by molar-refractivity contribution is 5.83. The van der Waals surface area contributed by atoms with E-state index in [0.717, 1.165) is 0 Å². The Hall–Kier alpha value is -2.12. The Labute approximate surface area is 110 Å². The van der Waals surface area contributed by atoms with Crippen molar-refractivity contribution in [3.05, 3.63) is 12.2 Å². The number of nitrogens with one attached hydrogen (secondary N) is 2. The number of carboxylic acids is 1. The summed E-state index contributed by atoms with van der Waals surface area (Å²) in [6.45, 7) is 5.52. The first-order valence-electron chi connectivity index (χ1n) is 5.83. The fourth-order valence-electron chi connectivity index (χ4n) is 1.42. The maximum atomic E-state index is 11.6. The van der Waals surface area contributed by atoms with Gasteiger partial charge in [0.2, 0.25) is 6.39 Å². The van der Waals surface area contributed by atoms with Crippen molar-refractivity contribution in [3.8, 4) is 0 Å². The molecule has 1 unspecified atom stereocenters. The molecule has 0 aliphatic rings. The van der Waals surface area contributed by atoms with Gasteiger partial charge in [-0.15, -0.1) is 0 Å². The predicted molar refractivity (Wildman–Crippen MR) is 65.4 cm³/mol. The molecule has 8 heteroatoms. The molecule has 0 radical (unpaired) electrons. The van der Waals surface area contributed by atoms with Gasteiger partial charge in [-0.1, -0.05) is 25.9 Å². The van der Waals surface area contributed by atoms with Crippen LogP contribution in [0.1, 0.15) is 26.6 Å². The van der Waals surface area contributed by atoms with E-state index in [4.69, 9.17) is 5.11 Å². The third-order valence-corrected chi connectivity index (χ3v) is 2.43. The summed E-state index contributed by atoms with van der Waals surface area (Å²) in [6, 6.07) is -1.50. The van der Waals surface area contributed by atoms with Gasteiger partial charge in [0.15, 0.2) is 5.82 Å². The van der Waals surface area contributed by atoms with Crippen molar-refractivity contribution < 1.29 is 19.2 Å². The van der Waals surface area contributed by atoms with Crippen LogP contribution < -0.4 is 10.6 Å². The second-order valence-corrected chi connectivity index (χ2v) is 5.13. The monoisotopic (exact) mass is 270 g/mol. The van der Waals surface area contributed by atoms with E-state index in [1.165, 1.54) is 6.39 Å². The van der Waals surface area contributed by atoms with Crippen LogP contribution in [0.5, 0.6) is 0 Å². The molecule has 1 heterocycles. The molecule has 106 valence electrons. The first kappa shape index (κ1) is 14.9. The van der Waals surface area contributed by atoms with Crippen LogP contribution in [-0.2, 0) is 11.2 Å². The van der Waals surface area contributed by atoms with Gasteiger partial charge in [0, 0.05) is 13.0 Å². The van der Waals surface area contributed by atoms with Crippen LogP contribution in [0.4, 0.5) is 4.79 Å². The number of carboxylic acid groups (broad SMARTS) is 1. The van der Waals surface area contributed by atoms with Gasteiger partial charge in [0.1, 0.15) is 6.04 Å². The normalized spacial score (nSPS) is 12.8. The lowest BCUT2D eigenvalue weighted by Gasteiger charge is -2.27. The largest absolute Gasteiger partial charge is 0.480 e. The Bertz CT molecular complexity index is 424. The fraction of sp³-hybridized carbons (Fsp3) is 0.636. The highest BCUT2D eigenvalue weighted by Gasteiger charge is 2.32. The minimum atomic E-state index is -1.07. The van der Waals surface area contributed by atoms with Crippen molar-refractivity contribution in [3.63, 3.8) is 0 Å². The molecule has 8 nitrogen and oxygen atoms in total. The van der Waals surface area contributed by atoms with E-state index in [1.807, 2.05) is 0 Å². The minimum Gasteiger partial charge on any atom is -0.480 e. The van der Waals surface area contributed by atoms with E-state index in [2.05, 4.69) is 25.3 Å². The van der Waals surface area contributed by atoms with Gasteiger partial charge in [-0.3, -0.25) is 0 Å². The third-order valence-electron chi connectivity index (χ3n) is 2.43. The number of urea groups is 1. The maximum Gasteiger partial charge on any atom is 0.326 e. The fourth-order valence-corrected chi connectivity index (χ4v) is 1.42. The molecular weight excluding hydrogens is 252 g/mol. The van der Waals surface area contributed by atoms with Gasteiger partial charge in [0.05, 0.1) is 0 Å². The van der Waals surface area contributed by atoms with Gasteiger partial charge in [-0.05, 0) is 5.41 Å². The number of hydrogen-bond acceptors (Lipinski definition) is 5. The first-order chi connectivity index (χ1) is 8.80. The molecule has 0 aromatic carbocycles. The summed E-state index contributed by atoms with van der Waals surface area (Å²) < 4.78 is 4.55. The second kappa shape index (κ2) is 6.17. The predicted octanol–water partition coefficient (Wildman–Crippen LogP) is 0.411. The number of amides is 2. The number of hydrogen-bond donors (Lipinski definition) is 3. The van der Waals surface area contributed by atoms with Crippen LogP contribution in [0.25, 0.3) is 0 Å². The van der Waals surface area contributed by atoms with Crippen molar-refractivity contribution >= 4 is 12.0 Å². The average molecular weight is 270 g/mol. The van der Waals surface area contributed by atoms with Gasteiger partial charge in [-0.2, -0.15) is 4.98 Å². The topological polar surface area (TPSA) is 117 Å². The Kier molecular flexibility index (Phi) is 4.85. The molecule has 0 aliphatic carbocycles. The molecular formula is C11H18N4O4. The smallest absolute Gasteiger partial charge is 0.326 e.